The van der Waals surface area contributed by atoms with Crippen molar-refractivity contribution in [2.75, 3.05) is 19.7 Å². The summed E-state index contributed by atoms with van der Waals surface area (Å²) >= 11 is 0. The molecule has 1 aromatic heterocycles. The Kier molecular flexibility index (Phi) is 6.56. The Morgan fingerprint density at radius 2 is 2.03 bits per heavy atom. The number of aromatic nitrogens is 2. The Bertz CT molecular complexity index is 964. The minimum atomic E-state index is -0.258. The lowest BCUT2D eigenvalue weighted by Gasteiger charge is -2.30. The van der Waals surface area contributed by atoms with E-state index in [1.807, 2.05) is 15.8 Å². The zero-order valence-electron chi connectivity index (χ0n) is 18.5. The molecular weight excluding hydrogens is 393 g/mol. The van der Waals surface area contributed by atoms with Crippen LogP contribution in [0.15, 0.2) is 41.6 Å². The number of benzene rings is 1. The molecule has 1 N–H and O–H groups in total. The van der Waals surface area contributed by atoms with Crippen LogP contribution in [0.2, 0.25) is 0 Å². The highest BCUT2D eigenvalue weighted by atomic mass is 19.1. The predicted octanol–water partition coefficient (Wildman–Crippen LogP) is 4.39. The fourth-order valence-electron chi connectivity index (χ4n) is 5.25. The smallest absolute Gasteiger partial charge is 0.229 e. The van der Waals surface area contributed by atoms with Crippen molar-refractivity contribution in [2.45, 2.75) is 58.3 Å². The molecule has 2 aliphatic carbocycles. The highest BCUT2D eigenvalue weighted by Gasteiger charge is 2.40. The summed E-state index contributed by atoms with van der Waals surface area (Å²) in [5.41, 5.74) is 5.76. The first-order valence-electron chi connectivity index (χ1n) is 11.5. The average Bonchev–Trinajstić information content (AvgIpc) is 3.38. The molecule has 0 spiro atoms. The van der Waals surface area contributed by atoms with E-state index in [4.69, 9.17) is 0 Å². The Morgan fingerprint density at radius 3 is 2.74 bits per heavy atom. The summed E-state index contributed by atoms with van der Waals surface area (Å²) in [5, 5.41) is 14.1. The van der Waals surface area contributed by atoms with Crippen LogP contribution in [0.4, 0.5) is 4.39 Å². The largest absolute Gasteiger partial charge is 0.395 e. The highest BCUT2D eigenvalue weighted by Crippen LogP contribution is 2.47. The van der Waals surface area contributed by atoms with Gasteiger partial charge in [0.05, 0.1) is 30.1 Å². The van der Waals surface area contributed by atoms with Crippen LogP contribution in [-0.4, -0.2) is 45.4 Å². The fourth-order valence-corrected chi connectivity index (χ4v) is 5.25. The van der Waals surface area contributed by atoms with E-state index in [2.05, 4.69) is 18.9 Å². The van der Waals surface area contributed by atoms with Crippen molar-refractivity contribution in [3.63, 3.8) is 0 Å². The molecule has 6 heteroatoms. The van der Waals surface area contributed by atoms with Gasteiger partial charge in [-0.25, -0.2) is 9.07 Å². The molecule has 0 saturated heterocycles. The second-order valence-corrected chi connectivity index (χ2v) is 8.74. The number of unbranched alkanes of at least 4 members (excludes halogenated alkanes) is 2. The van der Waals surface area contributed by atoms with Crippen molar-refractivity contribution in [3.8, 4) is 5.69 Å². The van der Waals surface area contributed by atoms with Crippen LogP contribution in [0.5, 0.6) is 0 Å². The number of nitrogens with zero attached hydrogens (tertiary/aromatic N) is 3. The SMILES string of the molecule is CCCCCN(CCO)C(=O)[C@@H]1CCC2=C1[C@@H](C)c1cnn(-c3ccc(F)cc3)c1C2. The van der Waals surface area contributed by atoms with E-state index in [1.165, 1.54) is 23.3 Å². The third-order valence-corrected chi connectivity index (χ3v) is 6.82. The predicted molar refractivity (Wildman–Crippen MR) is 119 cm³/mol. The molecule has 166 valence electrons. The first-order chi connectivity index (χ1) is 15.0. The molecule has 0 unspecified atom stereocenters. The maximum Gasteiger partial charge on any atom is 0.229 e. The summed E-state index contributed by atoms with van der Waals surface area (Å²) in [5.74, 6) is -0.0560. The minimum Gasteiger partial charge on any atom is -0.395 e. The standard InChI is InChI=1S/C25H32FN3O2/c1-3-4-5-12-28(13-14-30)25(31)21-11-6-18-15-23-22(17(2)24(18)21)16-27-29(23)20-9-7-19(26)8-10-20/h7-10,16-17,21,30H,3-6,11-15H2,1-2H3/t17-,21+/m0/s1. The van der Waals surface area contributed by atoms with Crippen LogP contribution in [-0.2, 0) is 11.2 Å². The van der Waals surface area contributed by atoms with Gasteiger partial charge in [-0.2, -0.15) is 5.10 Å². The van der Waals surface area contributed by atoms with Gasteiger partial charge in [0.15, 0.2) is 0 Å². The van der Waals surface area contributed by atoms with Gasteiger partial charge >= 0.3 is 0 Å². The van der Waals surface area contributed by atoms with E-state index in [1.54, 1.807) is 12.1 Å². The maximum atomic E-state index is 13.4. The number of hydrogen-bond acceptors (Lipinski definition) is 3. The molecule has 1 aromatic carbocycles. The number of carbonyl (C=O) groups is 1. The lowest BCUT2D eigenvalue weighted by Crippen LogP contribution is -2.39. The van der Waals surface area contributed by atoms with Crippen LogP contribution in [0.1, 0.15) is 63.1 Å². The molecule has 0 radical (unpaired) electrons. The summed E-state index contributed by atoms with van der Waals surface area (Å²) in [4.78, 5) is 15.3. The second-order valence-electron chi connectivity index (χ2n) is 8.74. The monoisotopic (exact) mass is 425 g/mol. The molecule has 4 rings (SSSR count). The van der Waals surface area contributed by atoms with Crippen molar-refractivity contribution in [1.29, 1.82) is 0 Å². The molecule has 5 nitrogen and oxygen atoms in total. The molecule has 31 heavy (non-hydrogen) atoms. The molecule has 0 aliphatic heterocycles. The lowest BCUT2D eigenvalue weighted by molar-refractivity contribution is -0.135. The van der Waals surface area contributed by atoms with Crippen molar-refractivity contribution >= 4 is 5.91 Å². The third-order valence-electron chi connectivity index (χ3n) is 6.82. The lowest BCUT2D eigenvalue weighted by atomic mass is 9.79. The van der Waals surface area contributed by atoms with Gasteiger partial charge in [-0.1, -0.05) is 37.8 Å². The summed E-state index contributed by atoms with van der Waals surface area (Å²) in [6.07, 6.45) is 7.63. The zero-order chi connectivity index (χ0) is 22.0. The van der Waals surface area contributed by atoms with Gasteiger partial charge in [0, 0.05) is 31.0 Å². The van der Waals surface area contributed by atoms with Gasteiger partial charge in [0.25, 0.3) is 0 Å². The molecule has 1 heterocycles. The van der Waals surface area contributed by atoms with Gasteiger partial charge in [0.2, 0.25) is 5.91 Å². The molecule has 0 saturated carbocycles. The molecule has 2 aromatic rings. The zero-order valence-corrected chi connectivity index (χ0v) is 18.5. The third kappa shape index (κ3) is 4.18. The van der Waals surface area contributed by atoms with Gasteiger partial charge in [-0.3, -0.25) is 4.79 Å². The average molecular weight is 426 g/mol. The first kappa shape index (κ1) is 21.8. The Labute approximate surface area is 183 Å². The van der Waals surface area contributed by atoms with Gasteiger partial charge in [0.1, 0.15) is 5.82 Å². The Balaban J connectivity index is 1.58. The number of hydrogen-bond donors (Lipinski definition) is 1. The summed E-state index contributed by atoms with van der Waals surface area (Å²) < 4.78 is 15.3. The number of amides is 1. The van der Waals surface area contributed by atoms with Crippen LogP contribution in [0.3, 0.4) is 0 Å². The van der Waals surface area contributed by atoms with Crippen molar-refractivity contribution < 1.29 is 14.3 Å². The quantitative estimate of drug-likeness (QED) is 0.504. The molecular formula is C25H32FN3O2. The topological polar surface area (TPSA) is 58.4 Å². The van der Waals surface area contributed by atoms with Crippen molar-refractivity contribution in [3.05, 3.63) is 58.7 Å². The van der Waals surface area contributed by atoms with Crippen LogP contribution >= 0.6 is 0 Å². The van der Waals surface area contributed by atoms with Gasteiger partial charge in [-0.05, 0) is 43.5 Å². The number of aliphatic hydroxyl groups excluding tert-OH is 1. The normalized spacial score (nSPS) is 20.0. The number of aliphatic hydroxyl groups is 1. The fraction of sp³-hybridized carbons (Fsp3) is 0.520. The number of halogens is 1. The maximum absolute atomic E-state index is 13.4. The number of allylic oxidation sites excluding steroid dienone is 1. The van der Waals surface area contributed by atoms with E-state index in [0.717, 1.165) is 55.5 Å². The number of carbonyl (C=O) groups excluding carboxylic acids is 1. The molecule has 0 fully saturated rings. The Morgan fingerprint density at radius 1 is 1.26 bits per heavy atom. The molecule has 1 amide bonds. The summed E-state index contributed by atoms with van der Waals surface area (Å²) in [6.45, 7) is 5.45. The first-order valence-corrected chi connectivity index (χ1v) is 11.5. The van der Waals surface area contributed by atoms with Crippen LogP contribution < -0.4 is 0 Å². The minimum absolute atomic E-state index is 0.000627. The Hall–Kier alpha value is -2.47. The van der Waals surface area contributed by atoms with E-state index < -0.39 is 0 Å². The van der Waals surface area contributed by atoms with Crippen molar-refractivity contribution in [2.24, 2.45) is 5.92 Å². The number of rotatable bonds is 8. The van der Waals surface area contributed by atoms with Crippen LogP contribution in [0.25, 0.3) is 5.69 Å². The summed E-state index contributed by atoms with van der Waals surface area (Å²) in [6, 6.07) is 6.42. The molecule has 0 bridgehead atoms. The molecule has 2 aliphatic rings. The second kappa shape index (κ2) is 9.35. The highest BCUT2D eigenvalue weighted by molar-refractivity contribution is 5.83. The van der Waals surface area contributed by atoms with E-state index >= 15 is 0 Å². The van der Waals surface area contributed by atoms with Crippen LogP contribution in [0, 0.1) is 11.7 Å². The van der Waals surface area contributed by atoms with E-state index in [-0.39, 0.29) is 30.2 Å². The van der Waals surface area contributed by atoms with Gasteiger partial charge in [-0.15, -0.1) is 0 Å². The van der Waals surface area contributed by atoms with E-state index in [9.17, 15) is 14.3 Å². The van der Waals surface area contributed by atoms with E-state index in [0.29, 0.717) is 13.1 Å². The van der Waals surface area contributed by atoms with Crippen molar-refractivity contribution in [1.82, 2.24) is 14.7 Å². The number of fused-ring (bicyclic) bond motifs is 1. The summed E-state index contributed by atoms with van der Waals surface area (Å²) in [7, 11) is 0. The van der Waals surface area contributed by atoms with Gasteiger partial charge < -0.3 is 10.0 Å². The molecule has 2 atom stereocenters.